The molecular formula is C15H27N3O2. The highest BCUT2D eigenvalue weighted by atomic mass is 16.2. The fourth-order valence-electron chi connectivity index (χ4n) is 3.36. The van der Waals surface area contributed by atoms with Crippen LogP contribution in [0.3, 0.4) is 0 Å². The summed E-state index contributed by atoms with van der Waals surface area (Å²) < 4.78 is 0. The van der Waals surface area contributed by atoms with Crippen LogP contribution in [0.4, 0.5) is 0 Å². The van der Waals surface area contributed by atoms with Crippen molar-refractivity contribution in [1.29, 1.82) is 0 Å². The monoisotopic (exact) mass is 281 g/mol. The van der Waals surface area contributed by atoms with Crippen molar-refractivity contribution in [3.05, 3.63) is 0 Å². The molecule has 1 unspecified atom stereocenters. The van der Waals surface area contributed by atoms with Gasteiger partial charge in [0, 0.05) is 39.1 Å². The van der Waals surface area contributed by atoms with Gasteiger partial charge < -0.3 is 15.1 Å². The lowest BCUT2D eigenvalue weighted by Gasteiger charge is -2.43. The molecule has 114 valence electrons. The van der Waals surface area contributed by atoms with Gasteiger partial charge in [0.25, 0.3) is 0 Å². The first-order valence-electron chi connectivity index (χ1n) is 7.69. The Morgan fingerprint density at radius 1 is 1.20 bits per heavy atom. The maximum absolute atomic E-state index is 12.9. The van der Waals surface area contributed by atoms with E-state index in [1.807, 2.05) is 4.90 Å². The van der Waals surface area contributed by atoms with E-state index in [4.69, 9.17) is 0 Å². The highest BCUT2D eigenvalue weighted by molar-refractivity contribution is 5.90. The van der Waals surface area contributed by atoms with Crippen LogP contribution >= 0.6 is 0 Å². The van der Waals surface area contributed by atoms with Crippen LogP contribution in [0.2, 0.25) is 0 Å². The Kier molecular flexibility index (Phi) is 4.68. The molecule has 1 atom stereocenters. The number of hydrogen-bond acceptors (Lipinski definition) is 3. The lowest BCUT2D eigenvalue weighted by atomic mass is 9.74. The van der Waals surface area contributed by atoms with Crippen molar-refractivity contribution >= 4 is 11.8 Å². The molecule has 0 aromatic heterocycles. The van der Waals surface area contributed by atoms with Crippen molar-refractivity contribution in [3.63, 3.8) is 0 Å². The molecule has 1 saturated heterocycles. The van der Waals surface area contributed by atoms with Crippen LogP contribution in [0, 0.1) is 5.41 Å². The topological polar surface area (TPSA) is 52.7 Å². The maximum Gasteiger partial charge on any atom is 0.246 e. The molecule has 5 nitrogen and oxygen atoms in total. The molecule has 0 bridgehead atoms. The summed E-state index contributed by atoms with van der Waals surface area (Å²) in [7, 11) is 3.50. The highest BCUT2D eigenvalue weighted by Gasteiger charge is 2.42. The number of carbonyl (C=O) groups excluding carboxylic acids is 2. The number of piperazine rings is 1. The number of hydrogen-bond donors (Lipinski definition) is 1. The highest BCUT2D eigenvalue weighted by Crippen LogP contribution is 2.38. The molecule has 5 heteroatoms. The summed E-state index contributed by atoms with van der Waals surface area (Å²) in [6.45, 7) is 4.06. The van der Waals surface area contributed by atoms with E-state index in [1.54, 1.807) is 19.0 Å². The predicted octanol–water partition coefficient (Wildman–Crippen LogP) is 0.845. The first kappa shape index (κ1) is 15.3. The zero-order valence-corrected chi connectivity index (χ0v) is 12.9. The van der Waals surface area contributed by atoms with Crippen molar-refractivity contribution in [2.75, 3.05) is 33.7 Å². The van der Waals surface area contributed by atoms with Gasteiger partial charge >= 0.3 is 0 Å². The van der Waals surface area contributed by atoms with E-state index in [0.717, 1.165) is 32.2 Å². The number of amides is 2. The summed E-state index contributed by atoms with van der Waals surface area (Å²) in [5.74, 6) is 0.198. The molecular weight excluding hydrogens is 254 g/mol. The SMILES string of the molecule is CN(C)C(=O)C1CNCCN1C(=O)C1(C)CCCCC1. The van der Waals surface area contributed by atoms with Crippen LogP contribution in [0.15, 0.2) is 0 Å². The zero-order valence-electron chi connectivity index (χ0n) is 12.9. The summed E-state index contributed by atoms with van der Waals surface area (Å²) in [6.07, 6.45) is 5.39. The normalized spacial score (nSPS) is 26.1. The summed E-state index contributed by atoms with van der Waals surface area (Å²) in [4.78, 5) is 28.6. The van der Waals surface area contributed by atoms with Gasteiger partial charge in [-0.3, -0.25) is 9.59 Å². The summed E-state index contributed by atoms with van der Waals surface area (Å²) in [5, 5.41) is 3.23. The number of nitrogens with one attached hydrogen (secondary N) is 1. The Morgan fingerprint density at radius 2 is 1.85 bits per heavy atom. The molecule has 2 fully saturated rings. The molecule has 1 aliphatic carbocycles. The van der Waals surface area contributed by atoms with E-state index in [1.165, 1.54) is 6.42 Å². The molecule has 2 amide bonds. The van der Waals surface area contributed by atoms with E-state index in [2.05, 4.69) is 12.2 Å². The molecule has 20 heavy (non-hydrogen) atoms. The molecule has 0 radical (unpaired) electrons. The van der Waals surface area contributed by atoms with E-state index < -0.39 is 0 Å². The number of rotatable bonds is 2. The van der Waals surface area contributed by atoms with Crippen LogP contribution in [0.5, 0.6) is 0 Å². The average Bonchev–Trinajstić information content (AvgIpc) is 2.46. The van der Waals surface area contributed by atoms with Gasteiger partial charge in [-0.1, -0.05) is 26.2 Å². The second-order valence-corrected chi connectivity index (χ2v) is 6.57. The van der Waals surface area contributed by atoms with Gasteiger partial charge in [0.2, 0.25) is 11.8 Å². The summed E-state index contributed by atoms with van der Waals surface area (Å²) in [5.41, 5.74) is -0.263. The van der Waals surface area contributed by atoms with Crippen molar-refractivity contribution < 1.29 is 9.59 Å². The number of nitrogens with zero attached hydrogens (tertiary/aromatic N) is 2. The van der Waals surface area contributed by atoms with Crippen LogP contribution < -0.4 is 5.32 Å². The van der Waals surface area contributed by atoms with Crippen LogP contribution in [0.25, 0.3) is 0 Å². The van der Waals surface area contributed by atoms with Gasteiger partial charge in [0.1, 0.15) is 6.04 Å². The lowest BCUT2D eigenvalue weighted by Crippen LogP contribution is -2.61. The molecule has 0 aromatic carbocycles. The van der Waals surface area contributed by atoms with Gasteiger partial charge in [-0.15, -0.1) is 0 Å². The third-order valence-corrected chi connectivity index (χ3v) is 4.70. The smallest absolute Gasteiger partial charge is 0.246 e. The fraction of sp³-hybridized carbons (Fsp3) is 0.867. The van der Waals surface area contributed by atoms with Crippen molar-refractivity contribution in [2.24, 2.45) is 5.41 Å². The Balaban J connectivity index is 2.14. The molecule has 2 aliphatic rings. The van der Waals surface area contributed by atoms with E-state index in [9.17, 15) is 9.59 Å². The second-order valence-electron chi connectivity index (χ2n) is 6.57. The summed E-state index contributed by atoms with van der Waals surface area (Å²) in [6, 6.07) is -0.343. The minimum absolute atomic E-state index is 0.0185. The van der Waals surface area contributed by atoms with E-state index in [0.29, 0.717) is 13.1 Å². The largest absolute Gasteiger partial charge is 0.347 e. The van der Waals surface area contributed by atoms with E-state index in [-0.39, 0.29) is 23.3 Å². The zero-order chi connectivity index (χ0) is 14.8. The average molecular weight is 281 g/mol. The summed E-state index contributed by atoms with van der Waals surface area (Å²) >= 11 is 0. The Bertz CT molecular complexity index is 375. The van der Waals surface area contributed by atoms with Gasteiger partial charge in [-0.2, -0.15) is 0 Å². The maximum atomic E-state index is 12.9. The molecule has 0 aromatic rings. The lowest BCUT2D eigenvalue weighted by molar-refractivity contribution is -0.153. The van der Waals surface area contributed by atoms with Crippen LogP contribution in [-0.4, -0.2) is 61.4 Å². The minimum atomic E-state index is -0.343. The predicted molar refractivity (Wildman–Crippen MR) is 78.3 cm³/mol. The minimum Gasteiger partial charge on any atom is -0.347 e. The molecule has 1 saturated carbocycles. The third kappa shape index (κ3) is 2.97. The van der Waals surface area contributed by atoms with Crippen molar-refractivity contribution in [1.82, 2.24) is 15.1 Å². The third-order valence-electron chi connectivity index (χ3n) is 4.70. The Morgan fingerprint density at radius 3 is 2.45 bits per heavy atom. The Labute approximate surface area is 121 Å². The molecule has 1 aliphatic heterocycles. The molecule has 0 spiro atoms. The van der Waals surface area contributed by atoms with Gasteiger partial charge in [0.05, 0.1) is 0 Å². The van der Waals surface area contributed by atoms with Crippen molar-refractivity contribution in [3.8, 4) is 0 Å². The number of likely N-dealkylation sites (N-methyl/N-ethyl adjacent to an activating group) is 1. The van der Waals surface area contributed by atoms with Gasteiger partial charge in [-0.25, -0.2) is 0 Å². The molecule has 1 N–H and O–H groups in total. The Hall–Kier alpha value is -1.10. The van der Waals surface area contributed by atoms with Gasteiger partial charge in [-0.05, 0) is 12.8 Å². The fourth-order valence-corrected chi connectivity index (χ4v) is 3.36. The van der Waals surface area contributed by atoms with Crippen LogP contribution in [-0.2, 0) is 9.59 Å². The first-order chi connectivity index (χ1) is 9.46. The quantitative estimate of drug-likeness (QED) is 0.816. The standard InChI is InChI=1S/C15H27N3O2/c1-15(7-5-4-6-8-15)14(20)18-10-9-16-11-12(18)13(19)17(2)3/h12,16H,4-11H2,1-3H3. The second kappa shape index (κ2) is 6.12. The number of carbonyl (C=O) groups is 2. The van der Waals surface area contributed by atoms with Gasteiger partial charge in [0.15, 0.2) is 0 Å². The molecule has 1 heterocycles. The first-order valence-corrected chi connectivity index (χ1v) is 7.69. The van der Waals surface area contributed by atoms with Crippen molar-refractivity contribution in [2.45, 2.75) is 45.1 Å². The molecule has 2 rings (SSSR count). The van der Waals surface area contributed by atoms with Crippen LogP contribution in [0.1, 0.15) is 39.0 Å². The van der Waals surface area contributed by atoms with E-state index >= 15 is 0 Å².